The van der Waals surface area contributed by atoms with E-state index in [1.807, 2.05) is 53.2 Å². The van der Waals surface area contributed by atoms with Crippen LogP contribution in [-0.2, 0) is 5.41 Å². The van der Waals surface area contributed by atoms with Crippen LogP contribution in [-0.4, -0.2) is 39.0 Å². The van der Waals surface area contributed by atoms with Crippen molar-refractivity contribution in [2.24, 2.45) is 0 Å². The quantitative estimate of drug-likeness (QED) is 0.295. The Morgan fingerprint density at radius 3 is 2.33 bits per heavy atom. The maximum Gasteiger partial charge on any atom is 0.230 e. The number of ether oxygens (including phenoxy) is 3. The molecule has 0 aliphatic carbocycles. The summed E-state index contributed by atoms with van der Waals surface area (Å²) in [6.07, 6.45) is 3.24. The van der Waals surface area contributed by atoms with E-state index < -0.39 is 0 Å². The third-order valence-corrected chi connectivity index (χ3v) is 5.79. The largest absolute Gasteiger partial charge is 0.493 e. The van der Waals surface area contributed by atoms with Crippen molar-refractivity contribution in [1.82, 2.24) is 24.7 Å². The van der Waals surface area contributed by atoms with Crippen molar-refractivity contribution in [3.63, 3.8) is 0 Å². The highest BCUT2D eigenvalue weighted by Gasteiger charge is 2.22. The van der Waals surface area contributed by atoms with E-state index in [0.717, 1.165) is 22.8 Å². The van der Waals surface area contributed by atoms with Crippen molar-refractivity contribution in [2.45, 2.75) is 26.2 Å². The highest BCUT2D eigenvalue weighted by Crippen LogP contribution is 2.37. The van der Waals surface area contributed by atoms with Gasteiger partial charge in [0.15, 0.2) is 17.3 Å². The van der Waals surface area contributed by atoms with Crippen LogP contribution in [0.4, 0.5) is 0 Å². The summed E-state index contributed by atoms with van der Waals surface area (Å²) in [7, 11) is 3.18. The van der Waals surface area contributed by atoms with Gasteiger partial charge in [-0.05, 0) is 36.4 Å². The molecule has 182 valence electrons. The minimum Gasteiger partial charge on any atom is -0.493 e. The Kier molecular flexibility index (Phi) is 6.01. The molecule has 5 aromatic rings. The molecule has 3 heterocycles. The Morgan fingerprint density at radius 2 is 1.61 bits per heavy atom. The molecule has 0 aliphatic heterocycles. The normalized spacial score (nSPS) is 11.5. The predicted octanol–water partition coefficient (Wildman–Crippen LogP) is 5.98. The Hall–Kier alpha value is -4.46. The average Bonchev–Trinajstić information content (AvgIpc) is 3.35. The Balaban J connectivity index is 1.57. The molecule has 0 atom stereocenters. The molecule has 0 radical (unpaired) electrons. The van der Waals surface area contributed by atoms with Gasteiger partial charge in [-0.2, -0.15) is 5.10 Å². The molecule has 0 amide bonds. The highest BCUT2D eigenvalue weighted by molar-refractivity contribution is 5.87. The molecule has 8 nitrogen and oxygen atoms in total. The van der Waals surface area contributed by atoms with Gasteiger partial charge in [-0.15, -0.1) is 0 Å². The van der Waals surface area contributed by atoms with Crippen LogP contribution in [0.15, 0.2) is 73.2 Å². The Morgan fingerprint density at radius 1 is 0.806 bits per heavy atom. The molecular formula is C28H27N5O3. The van der Waals surface area contributed by atoms with Crippen LogP contribution in [0.2, 0.25) is 0 Å². The topological polar surface area (TPSA) is 84.2 Å². The van der Waals surface area contributed by atoms with Crippen molar-refractivity contribution in [2.75, 3.05) is 14.2 Å². The first-order chi connectivity index (χ1) is 17.4. The molecule has 36 heavy (non-hydrogen) atoms. The lowest BCUT2D eigenvalue weighted by molar-refractivity contribution is 0.355. The van der Waals surface area contributed by atoms with Crippen molar-refractivity contribution < 1.29 is 14.2 Å². The van der Waals surface area contributed by atoms with Crippen LogP contribution >= 0.6 is 0 Å². The zero-order valence-electron chi connectivity index (χ0n) is 20.9. The summed E-state index contributed by atoms with van der Waals surface area (Å²) < 4.78 is 19.0. The SMILES string of the molecule is COc1cc2ncnc(Oc3cccc(-c4cc(C(C)(C)C)nn4-c4ccccn4)c3)c2cc1OC. The highest BCUT2D eigenvalue weighted by atomic mass is 16.5. The predicted molar refractivity (Wildman–Crippen MR) is 138 cm³/mol. The first kappa shape index (κ1) is 23.3. The molecule has 2 aromatic carbocycles. The molecule has 0 unspecified atom stereocenters. The minimum absolute atomic E-state index is 0.122. The molecule has 0 N–H and O–H groups in total. The van der Waals surface area contributed by atoms with Crippen LogP contribution in [0.1, 0.15) is 26.5 Å². The molecule has 0 fully saturated rings. The number of rotatable bonds is 6. The molecule has 8 heteroatoms. The van der Waals surface area contributed by atoms with Crippen LogP contribution in [0.3, 0.4) is 0 Å². The third-order valence-electron chi connectivity index (χ3n) is 5.79. The second kappa shape index (κ2) is 9.30. The lowest BCUT2D eigenvalue weighted by Crippen LogP contribution is -2.12. The smallest absolute Gasteiger partial charge is 0.230 e. The summed E-state index contributed by atoms with van der Waals surface area (Å²) >= 11 is 0. The van der Waals surface area contributed by atoms with Crippen molar-refractivity contribution >= 4 is 10.9 Å². The summed E-state index contributed by atoms with van der Waals surface area (Å²) in [6, 6.07) is 19.4. The molecule has 0 aliphatic rings. The van der Waals surface area contributed by atoms with Gasteiger partial charge in [0.05, 0.1) is 36.5 Å². The number of hydrogen-bond acceptors (Lipinski definition) is 7. The van der Waals surface area contributed by atoms with Gasteiger partial charge in [0.1, 0.15) is 12.1 Å². The summed E-state index contributed by atoms with van der Waals surface area (Å²) in [5.74, 6) is 2.97. The van der Waals surface area contributed by atoms with Gasteiger partial charge in [-0.1, -0.05) is 39.0 Å². The number of nitrogens with zero attached hydrogens (tertiary/aromatic N) is 5. The number of pyridine rings is 1. The van der Waals surface area contributed by atoms with Crippen LogP contribution in [0.25, 0.3) is 28.0 Å². The molecule has 0 spiro atoms. The van der Waals surface area contributed by atoms with E-state index in [2.05, 4.69) is 41.8 Å². The number of methoxy groups -OCH3 is 2. The first-order valence-electron chi connectivity index (χ1n) is 11.5. The van der Waals surface area contributed by atoms with Gasteiger partial charge >= 0.3 is 0 Å². The second-order valence-corrected chi connectivity index (χ2v) is 9.30. The van der Waals surface area contributed by atoms with Crippen molar-refractivity contribution in [3.05, 3.63) is 78.9 Å². The minimum atomic E-state index is -0.122. The fourth-order valence-electron chi connectivity index (χ4n) is 3.88. The first-order valence-corrected chi connectivity index (χ1v) is 11.5. The number of fused-ring (bicyclic) bond motifs is 1. The third kappa shape index (κ3) is 4.45. The number of hydrogen-bond donors (Lipinski definition) is 0. The fourth-order valence-corrected chi connectivity index (χ4v) is 3.88. The van der Waals surface area contributed by atoms with Gasteiger partial charge in [0, 0.05) is 23.2 Å². The Labute approximate surface area is 209 Å². The number of aromatic nitrogens is 5. The molecule has 5 rings (SSSR count). The summed E-state index contributed by atoms with van der Waals surface area (Å²) in [5, 5.41) is 5.60. The van der Waals surface area contributed by atoms with Gasteiger partial charge in [0.25, 0.3) is 0 Å². The summed E-state index contributed by atoms with van der Waals surface area (Å²) in [4.78, 5) is 13.3. The van der Waals surface area contributed by atoms with Crippen LogP contribution < -0.4 is 14.2 Å². The van der Waals surface area contributed by atoms with Gasteiger partial charge in [-0.3, -0.25) is 0 Å². The standard InChI is InChI=1S/C28H27N5O3/c1-28(2,3)25-16-22(33(32-25)26-11-6-7-12-29-26)18-9-8-10-19(13-18)36-27-20-14-23(34-4)24(35-5)15-21(20)30-17-31-27/h6-17H,1-5H3. The Bertz CT molecular complexity index is 1520. The molecule has 0 saturated heterocycles. The average molecular weight is 482 g/mol. The van der Waals surface area contributed by atoms with Crippen molar-refractivity contribution in [1.29, 1.82) is 0 Å². The zero-order chi connectivity index (χ0) is 25.3. The number of benzene rings is 2. The van der Waals surface area contributed by atoms with Crippen LogP contribution in [0.5, 0.6) is 23.1 Å². The van der Waals surface area contributed by atoms with E-state index in [4.69, 9.17) is 19.3 Å². The summed E-state index contributed by atoms with van der Waals surface area (Å²) in [5.41, 5.74) is 3.40. The lowest BCUT2D eigenvalue weighted by atomic mass is 9.92. The fraction of sp³-hybridized carbons (Fsp3) is 0.214. The maximum absolute atomic E-state index is 6.25. The molecular weight excluding hydrogens is 454 g/mol. The van der Waals surface area contributed by atoms with E-state index in [1.54, 1.807) is 26.5 Å². The zero-order valence-corrected chi connectivity index (χ0v) is 20.9. The summed E-state index contributed by atoms with van der Waals surface area (Å²) in [6.45, 7) is 6.43. The van der Waals surface area contributed by atoms with Crippen molar-refractivity contribution in [3.8, 4) is 40.2 Å². The van der Waals surface area contributed by atoms with Gasteiger partial charge in [0.2, 0.25) is 5.88 Å². The maximum atomic E-state index is 6.25. The van der Waals surface area contributed by atoms with E-state index in [-0.39, 0.29) is 5.41 Å². The van der Waals surface area contributed by atoms with Gasteiger partial charge < -0.3 is 14.2 Å². The van der Waals surface area contributed by atoms with Gasteiger partial charge in [-0.25, -0.2) is 19.6 Å². The lowest BCUT2D eigenvalue weighted by Gasteiger charge is -2.14. The molecule has 3 aromatic heterocycles. The van der Waals surface area contributed by atoms with E-state index in [9.17, 15) is 0 Å². The second-order valence-electron chi connectivity index (χ2n) is 9.30. The van der Waals surface area contributed by atoms with Crippen LogP contribution in [0, 0.1) is 0 Å². The van der Waals surface area contributed by atoms with E-state index in [1.165, 1.54) is 6.33 Å². The van der Waals surface area contributed by atoms with E-state index in [0.29, 0.717) is 34.0 Å². The molecule has 0 bridgehead atoms. The van der Waals surface area contributed by atoms with E-state index >= 15 is 0 Å². The monoisotopic (exact) mass is 481 g/mol. The molecule has 0 saturated carbocycles.